The Morgan fingerprint density at radius 2 is 1.79 bits per heavy atom. The predicted molar refractivity (Wildman–Crippen MR) is 126 cm³/mol. The molecule has 1 fully saturated rings. The summed E-state index contributed by atoms with van der Waals surface area (Å²) in [6, 6.07) is 17.1. The fourth-order valence-corrected chi connectivity index (χ4v) is 4.62. The third-order valence-corrected chi connectivity index (χ3v) is 6.79. The van der Waals surface area contributed by atoms with Gasteiger partial charge in [0.25, 0.3) is 0 Å². The summed E-state index contributed by atoms with van der Waals surface area (Å²) in [6.07, 6.45) is 9.13. The van der Waals surface area contributed by atoms with Gasteiger partial charge >= 0.3 is 0 Å². The number of anilines is 1. The standard InChI is InChI=1S/C25H26N2O5S/c28-25(27-23-9-3-4-10-24(23)32-20-6-1-2-7-20)16-13-19-11-14-22(15-12-19)33(29,30)26-18-21-8-5-17-31-21/h3-5,8-17,20,26H,1-2,6-7,18H2,(H,27,28). The minimum atomic E-state index is -3.67. The maximum absolute atomic E-state index is 12.4. The highest BCUT2D eigenvalue weighted by Gasteiger charge is 2.18. The summed E-state index contributed by atoms with van der Waals surface area (Å²) in [5.74, 6) is 0.899. The number of benzene rings is 2. The summed E-state index contributed by atoms with van der Waals surface area (Å²) in [7, 11) is -3.67. The van der Waals surface area contributed by atoms with Crippen LogP contribution in [0.5, 0.6) is 5.75 Å². The Labute approximate surface area is 193 Å². The number of nitrogens with one attached hydrogen (secondary N) is 2. The molecule has 0 spiro atoms. The van der Waals surface area contributed by atoms with Gasteiger partial charge in [0.15, 0.2) is 0 Å². The quantitative estimate of drug-likeness (QED) is 0.444. The first-order valence-electron chi connectivity index (χ1n) is 10.9. The van der Waals surface area contributed by atoms with Crippen molar-refractivity contribution in [3.8, 4) is 5.75 Å². The summed E-state index contributed by atoms with van der Waals surface area (Å²) in [6.45, 7) is 0.0725. The van der Waals surface area contributed by atoms with E-state index in [1.54, 1.807) is 30.3 Å². The molecule has 7 nitrogen and oxygen atoms in total. The second kappa shape index (κ2) is 10.5. The van der Waals surface area contributed by atoms with Crippen LogP contribution in [0.4, 0.5) is 5.69 Å². The number of para-hydroxylation sites is 2. The van der Waals surface area contributed by atoms with Gasteiger partial charge in [-0.2, -0.15) is 0 Å². The van der Waals surface area contributed by atoms with E-state index < -0.39 is 10.0 Å². The van der Waals surface area contributed by atoms with E-state index in [2.05, 4.69) is 10.0 Å². The minimum Gasteiger partial charge on any atom is -0.488 e. The first kappa shape index (κ1) is 22.8. The molecule has 0 bridgehead atoms. The third-order valence-electron chi connectivity index (χ3n) is 5.37. The Hall–Kier alpha value is -3.36. The fourth-order valence-electron chi connectivity index (χ4n) is 3.63. The molecule has 1 aliphatic carbocycles. The van der Waals surface area contributed by atoms with Crippen molar-refractivity contribution in [3.63, 3.8) is 0 Å². The molecule has 1 aromatic heterocycles. The average Bonchev–Trinajstić information content (AvgIpc) is 3.52. The van der Waals surface area contributed by atoms with Crippen LogP contribution >= 0.6 is 0 Å². The van der Waals surface area contributed by atoms with Crippen molar-refractivity contribution in [3.05, 3.63) is 84.3 Å². The maximum atomic E-state index is 12.4. The number of rotatable bonds is 9. The van der Waals surface area contributed by atoms with Crippen LogP contribution in [0.2, 0.25) is 0 Å². The zero-order valence-corrected chi connectivity index (χ0v) is 18.9. The number of carbonyl (C=O) groups excluding carboxylic acids is 1. The Kier molecular flexibility index (Phi) is 7.26. The Morgan fingerprint density at radius 1 is 1.03 bits per heavy atom. The van der Waals surface area contributed by atoms with E-state index in [1.807, 2.05) is 24.3 Å². The van der Waals surface area contributed by atoms with Gasteiger partial charge in [-0.3, -0.25) is 4.79 Å². The van der Waals surface area contributed by atoms with E-state index in [-0.39, 0.29) is 23.5 Å². The Morgan fingerprint density at radius 3 is 2.52 bits per heavy atom. The summed E-state index contributed by atoms with van der Waals surface area (Å²) < 4.78 is 38.5. The monoisotopic (exact) mass is 466 g/mol. The van der Waals surface area contributed by atoms with Crippen LogP contribution in [-0.4, -0.2) is 20.4 Å². The molecule has 1 saturated carbocycles. The van der Waals surface area contributed by atoms with Crippen molar-refractivity contribution in [2.45, 2.75) is 43.2 Å². The van der Waals surface area contributed by atoms with Gasteiger partial charge in [0.1, 0.15) is 11.5 Å². The molecule has 4 rings (SSSR count). The lowest BCUT2D eigenvalue weighted by molar-refractivity contribution is -0.111. The number of ether oxygens (including phenoxy) is 1. The number of sulfonamides is 1. The summed E-state index contributed by atoms with van der Waals surface area (Å²) in [5, 5.41) is 2.85. The van der Waals surface area contributed by atoms with Gasteiger partial charge in [-0.25, -0.2) is 13.1 Å². The first-order chi connectivity index (χ1) is 16.0. The van der Waals surface area contributed by atoms with Gasteiger partial charge in [0.2, 0.25) is 15.9 Å². The van der Waals surface area contributed by atoms with Crippen molar-refractivity contribution in [2.24, 2.45) is 0 Å². The molecule has 0 unspecified atom stereocenters. The molecule has 0 aliphatic heterocycles. The van der Waals surface area contributed by atoms with Crippen LogP contribution in [0.25, 0.3) is 6.08 Å². The SMILES string of the molecule is O=C(C=Cc1ccc(S(=O)(=O)NCc2ccco2)cc1)Nc1ccccc1OC1CCCC1. The molecule has 33 heavy (non-hydrogen) atoms. The van der Waals surface area contributed by atoms with Crippen LogP contribution in [0.1, 0.15) is 37.0 Å². The molecular formula is C25H26N2O5S. The molecule has 0 saturated heterocycles. The smallest absolute Gasteiger partial charge is 0.248 e. The number of hydrogen-bond acceptors (Lipinski definition) is 5. The van der Waals surface area contributed by atoms with E-state index in [0.717, 1.165) is 12.8 Å². The van der Waals surface area contributed by atoms with Crippen LogP contribution < -0.4 is 14.8 Å². The van der Waals surface area contributed by atoms with Gasteiger partial charge in [0, 0.05) is 6.08 Å². The van der Waals surface area contributed by atoms with E-state index in [0.29, 0.717) is 22.8 Å². The molecule has 172 valence electrons. The number of furan rings is 1. The maximum Gasteiger partial charge on any atom is 0.248 e. The van der Waals surface area contributed by atoms with Crippen molar-refractivity contribution in [1.82, 2.24) is 4.72 Å². The van der Waals surface area contributed by atoms with Gasteiger partial charge in [0.05, 0.1) is 29.5 Å². The Bertz CT molecular complexity index is 1200. The highest BCUT2D eigenvalue weighted by Crippen LogP contribution is 2.29. The highest BCUT2D eigenvalue weighted by molar-refractivity contribution is 7.89. The van der Waals surface area contributed by atoms with Gasteiger partial charge in [-0.1, -0.05) is 24.3 Å². The molecule has 2 N–H and O–H groups in total. The van der Waals surface area contributed by atoms with Gasteiger partial charge < -0.3 is 14.5 Å². The summed E-state index contributed by atoms with van der Waals surface area (Å²) in [4.78, 5) is 12.6. The molecule has 0 atom stereocenters. The van der Waals surface area contributed by atoms with Crippen molar-refractivity contribution < 1.29 is 22.4 Å². The van der Waals surface area contributed by atoms with Crippen molar-refractivity contribution in [1.29, 1.82) is 0 Å². The molecule has 3 aromatic rings. The highest BCUT2D eigenvalue weighted by atomic mass is 32.2. The molecule has 2 aromatic carbocycles. The van der Waals surface area contributed by atoms with E-state index in [9.17, 15) is 13.2 Å². The van der Waals surface area contributed by atoms with E-state index in [1.165, 1.54) is 37.3 Å². The second-order valence-corrected chi connectivity index (χ2v) is 9.58. The molecule has 0 radical (unpaired) electrons. The molecule has 1 aliphatic rings. The molecular weight excluding hydrogens is 440 g/mol. The zero-order chi connectivity index (χ0) is 23.1. The summed E-state index contributed by atoms with van der Waals surface area (Å²) in [5.41, 5.74) is 1.33. The largest absolute Gasteiger partial charge is 0.488 e. The first-order valence-corrected chi connectivity index (χ1v) is 12.3. The number of hydrogen-bond donors (Lipinski definition) is 2. The second-order valence-electron chi connectivity index (χ2n) is 7.82. The topological polar surface area (TPSA) is 97.6 Å². The molecule has 1 amide bonds. The average molecular weight is 467 g/mol. The predicted octanol–water partition coefficient (Wildman–Crippen LogP) is 4.73. The van der Waals surface area contributed by atoms with Gasteiger partial charge in [-0.15, -0.1) is 0 Å². The van der Waals surface area contributed by atoms with E-state index in [4.69, 9.17) is 9.15 Å². The van der Waals surface area contributed by atoms with Crippen LogP contribution in [-0.2, 0) is 21.4 Å². The summed E-state index contributed by atoms with van der Waals surface area (Å²) >= 11 is 0. The van der Waals surface area contributed by atoms with Crippen LogP contribution in [0.3, 0.4) is 0 Å². The fraction of sp³-hybridized carbons (Fsp3) is 0.240. The normalized spacial score (nSPS) is 14.5. The Balaban J connectivity index is 1.35. The van der Waals surface area contributed by atoms with Crippen molar-refractivity contribution >= 4 is 27.7 Å². The zero-order valence-electron chi connectivity index (χ0n) is 18.1. The number of carbonyl (C=O) groups is 1. The molecule has 1 heterocycles. The van der Waals surface area contributed by atoms with Crippen molar-refractivity contribution in [2.75, 3.05) is 5.32 Å². The lowest BCUT2D eigenvalue weighted by Crippen LogP contribution is -2.22. The third kappa shape index (κ3) is 6.34. The van der Waals surface area contributed by atoms with Gasteiger partial charge in [-0.05, 0) is 73.7 Å². The lowest BCUT2D eigenvalue weighted by atomic mass is 10.2. The number of amides is 1. The van der Waals surface area contributed by atoms with Crippen LogP contribution in [0.15, 0.2) is 82.3 Å². The van der Waals surface area contributed by atoms with E-state index >= 15 is 0 Å². The van der Waals surface area contributed by atoms with Crippen LogP contribution in [0, 0.1) is 0 Å². The lowest BCUT2D eigenvalue weighted by Gasteiger charge is -2.16. The minimum absolute atomic E-state index is 0.0725. The molecule has 8 heteroatoms.